The van der Waals surface area contributed by atoms with Crippen LogP contribution in [-0.2, 0) is 16.1 Å². The number of halogens is 2. The molecule has 4 rings (SSSR count). The number of Topliss-reactive ketones (excluding diaryl/α,β-unsaturated/α-hetero) is 1. The molecule has 0 saturated carbocycles. The highest BCUT2D eigenvalue weighted by atomic mass is 35.5. The van der Waals surface area contributed by atoms with Crippen molar-refractivity contribution in [3.63, 3.8) is 0 Å². The minimum atomic E-state index is -0.741. The minimum Gasteiger partial charge on any atom is -0.507 e. The van der Waals surface area contributed by atoms with Crippen LogP contribution in [0, 0.1) is 6.92 Å². The van der Waals surface area contributed by atoms with Gasteiger partial charge in [-0.15, -0.1) is 22.7 Å². The fourth-order valence-corrected chi connectivity index (χ4v) is 5.99. The van der Waals surface area contributed by atoms with Crippen molar-refractivity contribution in [2.24, 2.45) is 0 Å². The van der Waals surface area contributed by atoms with Crippen LogP contribution in [0.5, 0.6) is 5.75 Å². The highest BCUT2D eigenvalue weighted by molar-refractivity contribution is 7.10. The highest BCUT2D eigenvalue weighted by Gasteiger charge is 2.47. The standard InChI is InChI=1S/C22H17Cl2NO4S2/c1-11-5-7-31-21(11)17-16(18(26)12-8-14(23)20(29-2)15(24)9-12)19(27)22(28)25(17)10-13-4-3-6-30-13/h3-9,17,26H,10H2,1-2H3/b18-16-. The number of carbonyl (C=O) groups is 2. The number of ketones is 1. The van der Waals surface area contributed by atoms with Crippen molar-refractivity contribution in [2.75, 3.05) is 7.11 Å². The molecule has 160 valence electrons. The van der Waals surface area contributed by atoms with E-state index in [9.17, 15) is 14.7 Å². The Morgan fingerprint density at radius 1 is 1.16 bits per heavy atom. The first kappa shape index (κ1) is 21.9. The SMILES string of the molecule is COc1c(Cl)cc(/C(O)=C2/C(=O)C(=O)N(Cc3cccs3)C2c2sccc2C)cc1Cl. The molecule has 5 nitrogen and oxygen atoms in total. The number of carbonyl (C=O) groups excluding carboxylic acids is 2. The van der Waals surface area contributed by atoms with Crippen molar-refractivity contribution >= 4 is 63.3 Å². The summed E-state index contributed by atoms with van der Waals surface area (Å²) in [6.07, 6.45) is 0. The number of benzene rings is 1. The zero-order valence-corrected chi connectivity index (χ0v) is 19.7. The number of ether oxygens (including phenoxy) is 1. The molecule has 1 atom stereocenters. The summed E-state index contributed by atoms with van der Waals surface area (Å²) < 4.78 is 5.16. The van der Waals surface area contributed by atoms with Crippen molar-refractivity contribution in [3.8, 4) is 5.75 Å². The summed E-state index contributed by atoms with van der Waals surface area (Å²) in [6, 6.07) is 7.95. The van der Waals surface area contributed by atoms with Gasteiger partial charge < -0.3 is 14.7 Å². The van der Waals surface area contributed by atoms with Crippen LogP contribution in [0.4, 0.5) is 0 Å². The number of hydrogen-bond donors (Lipinski definition) is 1. The van der Waals surface area contributed by atoms with Gasteiger partial charge in [0.25, 0.3) is 11.7 Å². The van der Waals surface area contributed by atoms with Gasteiger partial charge in [-0.05, 0) is 47.5 Å². The van der Waals surface area contributed by atoms with Crippen LogP contribution < -0.4 is 4.74 Å². The number of hydrogen-bond acceptors (Lipinski definition) is 6. The highest BCUT2D eigenvalue weighted by Crippen LogP contribution is 2.44. The van der Waals surface area contributed by atoms with Crippen LogP contribution in [0.3, 0.4) is 0 Å². The van der Waals surface area contributed by atoms with E-state index in [-0.39, 0.29) is 39.2 Å². The molecule has 3 aromatic rings. The number of aliphatic hydroxyl groups is 1. The Kier molecular flexibility index (Phi) is 6.12. The third kappa shape index (κ3) is 3.87. The van der Waals surface area contributed by atoms with E-state index in [1.165, 1.54) is 46.8 Å². The molecule has 1 amide bonds. The Morgan fingerprint density at radius 3 is 2.42 bits per heavy atom. The van der Waals surface area contributed by atoms with E-state index in [1.54, 1.807) is 0 Å². The smallest absolute Gasteiger partial charge is 0.296 e. The Morgan fingerprint density at radius 2 is 1.87 bits per heavy atom. The molecule has 1 fully saturated rings. The number of aliphatic hydroxyl groups excluding tert-OH is 1. The Balaban J connectivity index is 1.89. The minimum absolute atomic E-state index is 0.0180. The molecule has 3 heterocycles. The van der Waals surface area contributed by atoms with E-state index in [0.717, 1.165) is 15.3 Å². The van der Waals surface area contributed by atoms with Gasteiger partial charge in [-0.3, -0.25) is 9.59 Å². The maximum atomic E-state index is 13.1. The zero-order valence-electron chi connectivity index (χ0n) is 16.5. The lowest BCUT2D eigenvalue weighted by atomic mass is 9.98. The first-order chi connectivity index (χ1) is 14.8. The van der Waals surface area contributed by atoms with E-state index in [0.29, 0.717) is 0 Å². The number of nitrogens with zero attached hydrogens (tertiary/aromatic N) is 1. The summed E-state index contributed by atoms with van der Waals surface area (Å²) in [6.45, 7) is 2.18. The fourth-order valence-electron chi connectivity index (χ4n) is 3.60. The van der Waals surface area contributed by atoms with E-state index >= 15 is 0 Å². The Labute approximate surface area is 197 Å². The maximum Gasteiger partial charge on any atom is 0.296 e. The second-order valence-corrected chi connectivity index (χ2v) is 9.74. The summed E-state index contributed by atoms with van der Waals surface area (Å²) in [5, 5.41) is 15.3. The van der Waals surface area contributed by atoms with Gasteiger partial charge in [0, 0.05) is 15.3 Å². The van der Waals surface area contributed by atoms with Gasteiger partial charge >= 0.3 is 0 Å². The summed E-state index contributed by atoms with van der Waals surface area (Å²) in [7, 11) is 1.43. The number of likely N-dealkylation sites (tertiary alicyclic amines) is 1. The van der Waals surface area contributed by atoms with Gasteiger partial charge in [0.15, 0.2) is 5.75 Å². The molecule has 0 aliphatic carbocycles. The number of amides is 1. The first-order valence-electron chi connectivity index (χ1n) is 9.21. The summed E-state index contributed by atoms with van der Waals surface area (Å²) >= 11 is 15.4. The van der Waals surface area contributed by atoms with Gasteiger partial charge in [-0.2, -0.15) is 0 Å². The quantitative estimate of drug-likeness (QED) is 0.266. The molecular formula is C22H17Cl2NO4S2. The predicted octanol–water partition coefficient (Wildman–Crippen LogP) is 6.06. The number of aryl methyl sites for hydroxylation is 1. The van der Waals surface area contributed by atoms with Gasteiger partial charge in [-0.25, -0.2) is 0 Å². The van der Waals surface area contributed by atoms with E-state index < -0.39 is 17.7 Å². The molecule has 9 heteroatoms. The lowest BCUT2D eigenvalue weighted by Gasteiger charge is -2.24. The maximum absolute atomic E-state index is 13.1. The average Bonchev–Trinajstić information content (AvgIpc) is 3.45. The Hall–Kier alpha value is -2.32. The van der Waals surface area contributed by atoms with Gasteiger partial charge in [0.1, 0.15) is 11.8 Å². The van der Waals surface area contributed by atoms with Gasteiger partial charge in [-0.1, -0.05) is 29.3 Å². The topological polar surface area (TPSA) is 66.8 Å². The van der Waals surface area contributed by atoms with Crippen LogP contribution >= 0.6 is 45.9 Å². The van der Waals surface area contributed by atoms with Crippen LogP contribution in [0.25, 0.3) is 5.76 Å². The molecule has 0 radical (unpaired) electrons. The molecule has 1 aliphatic heterocycles. The lowest BCUT2D eigenvalue weighted by Crippen LogP contribution is -2.28. The van der Waals surface area contributed by atoms with Gasteiger partial charge in [0.2, 0.25) is 0 Å². The second kappa shape index (κ2) is 8.67. The van der Waals surface area contributed by atoms with Crippen molar-refractivity contribution < 1.29 is 19.4 Å². The number of methoxy groups -OCH3 is 1. The van der Waals surface area contributed by atoms with E-state index in [1.807, 2.05) is 35.9 Å². The van der Waals surface area contributed by atoms with Crippen molar-refractivity contribution in [1.82, 2.24) is 4.90 Å². The van der Waals surface area contributed by atoms with Crippen LogP contribution in [-0.4, -0.2) is 28.8 Å². The molecule has 31 heavy (non-hydrogen) atoms. The largest absolute Gasteiger partial charge is 0.507 e. The van der Waals surface area contributed by atoms with Gasteiger partial charge in [0.05, 0.1) is 29.3 Å². The molecular weight excluding hydrogens is 477 g/mol. The number of thiophene rings is 2. The predicted molar refractivity (Wildman–Crippen MR) is 124 cm³/mol. The number of rotatable bonds is 5. The van der Waals surface area contributed by atoms with Crippen LogP contribution in [0.2, 0.25) is 10.0 Å². The fraction of sp³-hybridized carbons (Fsp3) is 0.182. The molecule has 1 saturated heterocycles. The van der Waals surface area contributed by atoms with Crippen LogP contribution in [0.1, 0.15) is 26.9 Å². The van der Waals surface area contributed by atoms with Crippen molar-refractivity contribution in [2.45, 2.75) is 19.5 Å². The average molecular weight is 494 g/mol. The normalized spacial score (nSPS) is 18.1. The second-order valence-electron chi connectivity index (χ2n) is 6.95. The summed E-state index contributed by atoms with van der Waals surface area (Å²) in [5.74, 6) is -1.45. The molecule has 0 bridgehead atoms. The molecule has 1 N–H and O–H groups in total. The molecule has 1 unspecified atom stereocenters. The third-order valence-corrected chi connectivity index (χ3v) is 7.57. The first-order valence-corrected chi connectivity index (χ1v) is 11.7. The van der Waals surface area contributed by atoms with Crippen molar-refractivity contribution in [3.05, 3.63) is 77.6 Å². The van der Waals surface area contributed by atoms with Crippen LogP contribution in [0.15, 0.2) is 46.7 Å². The molecule has 0 spiro atoms. The summed E-state index contributed by atoms with van der Waals surface area (Å²) in [4.78, 5) is 29.3. The zero-order chi connectivity index (χ0) is 22.3. The molecule has 2 aromatic heterocycles. The monoisotopic (exact) mass is 493 g/mol. The third-order valence-electron chi connectivity index (χ3n) is 5.07. The van der Waals surface area contributed by atoms with E-state index in [4.69, 9.17) is 27.9 Å². The summed E-state index contributed by atoms with van der Waals surface area (Å²) in [5.41, 5.74) is 1.19. The Bertz CT molecular complexity index is 1180. The van der Waals surface area contributed by atoms with E-state index in [2.05, 4.69) is 0 Å². The molecule has 1 aliphatic rings. The van der Waals surface area contributed by atoms with Crippen molar-refractivity contribution in [1.29, 1.82) is 0 Å². The molecule has 1 aromatic carbocycles. The lowest BCUT2D eigenvalue weighted by molar-refractivity contribution is -0.140.